The van der Waals surface area contributed by atoms with Crippen LogP contribution in [-0.2, 0) is 16.1 Å². The second-order valence-electron chi connectivity index (χ2n) is 5.79. The summed E-state index contributed by atoms with van der Waals surface area (Å²) in [6, 6.07) is 7.79. The molecule has 2 amide bonds. The van der Waals surface area contributed by atoms with Crippen molar-refractivity contribution >= 4 is 12.0 Å². The Labute approximate surface area is 142 Å². The van der Waals surface area contributed by atoms with E-state index < -0.39 is 0 Å². The SMILES string of the molecule is CCOc1ccc(CN2CCN(C(=O)OC)CC2CC(N)=O)cc1. The lowest BCUT2D eigenvalue weighted by Crippen LogP contribution is -2.55. The predicted molar refractivity (Wildman–Crippen MR) is 89.6 cm³/mol. The van der Waals surface area contributed by atoms with Crippen LogP contribution in [0.25, 0.3) is 0 Å². The van der Waals surface area contributed by atoms with Crippen LogP contribution in [0.2, 0.25) is 0 Å². The van der Waals surface area contributed by atoms with Crippen molar-refractivity contribution in [3.63, 3.8) is 0 Å². The molecule has 0 aliphatic carbocycles. The molecule has 132 valence electrons. The van der Waals surface area contributed by atoms with E-state index in [0.29, 0.717) is 32.8 Å². The molecule has 1 aliphatic heterocycles. The number of amides is 2. The number of methoxy groups -OCH3 is 1. The van der Waals surface area contributed by atoms with Gasteiger partial charge in [0.2, 0.25) is 5.91 Å². The summed E-state index contributed by atoms with van der Waals surface area (Å²) in [6.07, 6.45) is -0.157. The highest BCUT2D eigenvalue weighted by Gasteiger charge is 2.30. The number of piperazine rings is 1. The van der Waals surface area contributed by atoms with Crippen LogP contribution in [0.5, 0.6) is 5.75 Å². The summed E-state index contributed by atoms with van der Waals surface area (Å²) >= 11 is 0. The van der Waals surface area contributed by atoms with Gasteiger partial charge in [0, 0.05) is 38.6 Å². The maximum atomic E-state index is 11.7. The molecule has 7 heteroatoms. The molecule has 1 fully saturated rings. The minimum absolute atomic E-state index is 0.109. The fourth-order valence-electron chi connectivity index (χ4n) is 2.91. The first-order chi connectivity index (χ1) is 11.5. The van der Waals surface area contributed by atoms with Gasteiger partial charge in [-0.15, -0.1) is 0 Å². The summed E-state index contributed by atoms with van der Waals surface area (Å²) in [5.74, 6) is 0.467. The van der Waals surface area contributed by atoms with Crippen molar-refractivity contribution in [2.75, 3.05) is 33.4 Å². The lowest BCUT2D eigenvalue weighted by Gasteiger charge is -2.40. The first-order valence-electron chi connectivity index (χ1n) is 8.10. The molecule has 0 aromatic heterocycles. The maximum absolute atomic E-state index is 11.7. The van der Waals surface area contributed by atoms with E-state index in [0.717, 1.165) is 11.3 Å². The van der Waals surface area contributed by atoms with E-state index in [9.17, 15) is 9.59 Å². The van der Waals surface area contributed by atoms with Crippen LogP contribution in [0.1, 0.15) is 18.9 Å². The highest BCUT2D eigenvalue weighted by atomic mass is 16.5. The van der Waals surface area contributed by atoms with Gasteiger partial charge in [0.25, 0.3) is 0 Å². The van der Waals surface area contributed by atoms with Crippen molar-refractivity contribution in [3.8, 4) is 5.75 Å². The third-order valence-electron chi connectivity index (χ3n) is 4.09. The Morgan fingerprint density at radius 3 is 2.54 bits per heavy atom. The molecule has 0 bridgehead atoms. The van der Waals surface area contributed by atoms with Crippen LogP contribution in [-0.4, -0.2) is 61.2 Å². The number of nitrogens with zero attached hydrogens (tertiary/aromatic N) is 2. The minimum Gasteiger partial charge on any atom is -0.494 e. The number of benzene rings is 1. The molecular formula is C17H25N3O4. The number of carbonyl (C=O) groups excluding carboxylic acids is 2. The van der Waals surface area contributed by atoms with Crippen molar-refractivity contribution < 1.29 is 19.1 Å². The molecule has 1 atom stereocenters. The standard InChI is InChI=1S/C17H25N3O4/c1-3-24-15-6-4-13(5-7-15)11-19-8-9-20(17(22)23-2)12-14(19)10-16(18)21/h4-7,14H,3,8-12H2,1-2H3,(H2,18,21). The van der Waals surface area contributed by atoms with Crippen molar-refractivity contribution in [2.45, 2.75) is 25.9 Å². The Bertz CT molecular complexity index is 561. The Morgan fingerprint density at radius 1 is 1.25 bits per heavy atom. The highest BCUT2D eigenvalue weighted by Crippen LogP contribution is 2.19. The molecule has 7 nitrogen and oxygen atoms in total. The van der Waals surface area contributed by atoms with Gasteiger partial charge in [0.15, 0.2) is 0 Å². The maximum Gasteiger partial charge on any atom is 0.409 e. The molecule has 1 aromatic carbocycles. The van der Waals surface area contributed by atoms with Crippen LogP contribution in [0, 0.1) is 0 Å². The molecule has 0 saturated carbocycles. The van der Waals surface area contributed by atoms with Crippen LogP contribution in [0.4, 0.5) is 4.79 Å². The quantitative estimate of drug-likeness (QED) is 0.845. The van der Waals surface area contributed by atoms with Gasteiger partial charge in [0.1, 0.15) is 5.75 Å². The fourth-order valence-corrected chi connectivity index (χ4v) is 2.91. The van der Waals surface area contributed by atoms with Gasteiger partial charge in [0.05, 0.1) is 13.7 Å². The summed E-state index contributed by atoms with van der Waals surface area (Å²) in [7, 11) is 1.36. The van der Waals surface area contributed by atoms with Gasteiger partial charge in [-0.25, -0.2) is 4.79 Å². The Kier molecular flexibility index (Phi) is 6.43. The largest absolute Gasteiger partial charge is 0.494 e. The summed E-state index contributed by atoms with van der Waals surface area (Å²) in [5, 5.41) is 0. The molecule has 1 saturated heterocycles. The lowest BCUT2D eigenvalue weighted by molar-refractivity contribution is -0.119. The van der Waals surface area contributed by atoms with Crippen LogP contribution >= 0.6 is 0 Å². The second-order valence-corrected chi connectivity index (χ2v) is 5.79. The molecule has 2 N–H and O–H groups in total. The normalized spacial score (nSPS) is 18.2. The smallest absolute Gasteiger partial charge is 0.409 e. The van der Waals surface area contributed by atoms with Gasteiger partial charge in [-0.3, -0.25) is 9.69 Å². The van der Waals surface area contributed by atoms with Gasteiger partial charge in [-0.2, -0.15) is 0 Å². The third-order valence-corrected chi connectivity index (χ3v) is 4.09. The number of carbonyl (C=O) groups is 2. The Hall–Kier alpha value is -2.28. The first-order valence-corrected chi connectivity index (χ1v) is 8.10. The van der Waals surface area contributed by atoms with E-state index in [1.807, 2.05) is 31.2 Å². The number of ether oxygens (including phenoxy) is 2. The summed E-state index contributed by atoms with van der Waals surface area (Å²) in [6.45, 7) is 4.95. The molecule has 1 aliphatic rings. The number of primary amides is 1. The van der Waals surface area contributed by atoms with Gasteiger partial charge < -0.3 is 20.1 Å². The molecule has 0 radical (unpaired) electrons. The summed E-state index contributed by atoms with van der Waals surface area (Å²) in [4.78, 5) is 26.9. The van der Waals surface area contributed by atoms with Crippen LogP contribution in [0.3, 0.4) is 0 Å². The van der Waals surface area contributed by atoms with E-state index in [2.05, 4.69) is 4.90 Å². The molecule has 1 aromatic rings. The zero-order chi connectivity index (χ0) is 17.5. The highest BCUT2D eigenvalue weighted by molar-refractivity contribution is 5.74. The van der Waals surface area contributed by atoms with Gasteiger partial charge in [-0.05, 0) is 24.6 Å². The molecule has 1 unspecified atom stereocenters. The minimum atomic E-state index is -0.372. The molecule has 1 heterocycles. The van der Waals surface area contributed by atoms with Gasteiger partial charge >= 0.3 is 6.09 Å². The Balaban J connectivity index is 2.03. The average molecular weight is 335 g/mol. The van der Waals surface area contributed by atoms with Crippen molar-refractivity contribution in [2.24, 2.45) is 5.73 Å². The van der Waals surface area contributed by atoms with Crippen LogP contribution in [0.15, 0.2) is 24.3 Å². The second kappa shape index (κ2) is 8.54. The van der Waals surface area contributed by atoms with E-state index in [-0.39, 0.29) is 24.5 Å². The number of nitrogens with two attached hydrogens (primary N) is 1. The fraction of sp³-hybridized carbons (Fsp3) is 0.529. The monoisotopic (exact) mass is 335 g/mol. The van der Waals surface area contributed by atoms with Crippen molar-refractivity contribution in [1.82, 2.24) is 9.80 Å². The lowest BCUT2D eigenvalue weighted by atomic mass is 10.1. The van der Waals surface area contributed by atoms with Gasteiger partial charge in [-0.1, -0.05) is 12.1 Å². The summed E-state index contributed by atoms with van der Waals surface area (Å²) < 4.78 is 10.2. The predicted octanol–water partition coefficient (Wildman–Crippen LogP) is 1.21. The molecule has 0 spiro atoms. The summed E-state index contributed by atoms with van der Waals surface area (Å²) in [5.41, 5.74) is 6.49. The average Bonchev–Trinajstić information content (AvgIpc) is 2.57. The molecule has 2 rings (SSSR count). The van der Waals surface area contributed by atoms with E-state index in [4.69, 9.17) is 15.2 Å². The Morgan fingerprint density at radius 2 is 1.96 bits per heavy atom. The van der Waals surface area contributed by atoms with Crippen molar-refractivity contribution in [3.05, 3.63) is 29.8 Å². The topological polar surface area (TPSA) is 85.1 Å². The first kappa shape index (κ1) is 18.1. The van der Waals surface area contributed by atoms with E-state index in [1.165, 1.54) is 7.11 Å². The zero-order valence-electron chi connectivity index (χ0n) is 14.2. The third kappa shape index (κ3) is 4.86. The molecular weight excluding hydrogens is 310 g/mol. The number of hydrogen-bond acceptors (Lipinski definition) is 5. The van der Waals surface area contributed by atoms with Crippen molar-refractivity contribution in [1.29, 1.82) is 0 Å². The zero-order valence-corrected chi connectivity index (χ0v) is 14.2. The van der Waals surface area contributed by atoms with E-state index in [1.54, 1.807) is 4.90 Å². The van der Waals surface area contributed by atoms with Crippen LogP contribution < -0.4 is 10.5 Å². The number of rotatable bonds is 6. The molecule has 24 heavy (non-hydrogen) atoms. The van der Waals surface area contributed by atoms with E-state index >= 15 is 0 Å². The number of hydrogen-bond donors (Lipinski definition) is 1.